The largest absolute Gasteiger partial charge is 1.00 e. The molecule has 0 bridgehead atoms. The van der Waals surface area contributed by atoms with Crippen molar-refractivity contribution in [1.29, 1.82) is 0 Å². The average molecular weight is 414 g/mol. The first-order valence-corrected chi connectivity index (χ1v) is 11.5. The van der Waals surface area contributed by atoms with Crippen molar-refractivity contribution >= 4 is 26.3 Å². The second kappa shape index (κ2) is 7.87. The first kappa shape index (κ1) is 18.8. The monoisotopic (exact) mass is 411 g/mol. The van der Waals surface area contributed by atoms with E-state index in [2.05, 4.69) is 67.6 Å². The predicted molar refractivity (Wildman–Crippen MR) is 81.2 cm³/mol. The van der Waals surface area contributed by atoms with Gasteiger partial charge in [0.25, 0.3) is 0 Å². The van der Waals surface area contributed by atoms with Gasteiger partial charge in [0.2, 0.25) is 0 Å². The van der Waals surface area contributed by atoms with Gasteiger partial charge in [-0.2, -0.15) is 0 Å². The molecule has 108 valence electrons. The molecule has 3 rings (SSSR count). The van der Waals surface area contributed by atoms with E-state index in [0.717, 1.165) is 0 Å². The molecular weight excluding hydrogens is 396 g/mol. The molecule has 1 aromatic heterocycles. The molecule has 0 unspecified atom stereocenters. The summed E-state index contributed by atoms with van der Waals surface area (Å²) in [6.07, 6.45) is 4.53. The Hall–Kier alpha value is -0.210. The fourth-order valence-corrected chi connectivity index (χ4v) is 8.84. The van der Waals surface area contributed by atoms with Crippen LogP contribution >= 0.6 is 0 Å². The van der Waals surface area contributed by atoms with E-state index in [4.69, 9.17) is 0 Å². The van der Waals surface area contributed by atoms with Crippen LogP contribution in [0.3, 0.4) is 0 Å². The van der Waals surface area contributed by atoms with Crippen LogP contribution in [0.15, 0.2) is 36.5 Å². The minimum absolute atomic E-state index is 0. The first-order chi connectivity index (χ1) is 9.16. The second-order valence-electron chi connectivity index (χ2n) is 5.18. The smallest absolute Gasteiger partial charge is 1.00 e. The van der Waals surface area contributed by atoms with Crippen LogP contribution in [0.1, 0.15) is 5.56 Å². The minimum Gasteiger partial charge on any atom is -1.00 e. The summed E-state index contributed by atoms with van der Waals surface area (Å²) in [7, 11) is -0.389. The van der Waals surface area contributed by atoms with Crippen LogP contribution in [-0.4, -0.2) is 18.6 Å². The zero-order chi connectivity index (χ0) is 13.4. The number of aryl methyl sites for hydroxylation is 1. The van der Waals surface area contributed by atoms with Crippen molar-refractivity contribution in [2.75, 3.05) is 0 Å². The van der Waals surface area contributed by atoms with Gasteiger partial charge in [-0.1, -0.05) is 0 Å². The molecule has 0 aliphatic heterocycles. The van der Waals surface area contributed by atoms with Crippen molar-refractivity contribution in [3.05, 3.63) is 52.5 Å². The van der Waals surface area contributed by atoms with Crippen LogP contribution in [0.4, 0.5) is 0 Å². The van der Waals surface area contributed by atoms with Crippen molar-refractivity contribution in [3.63, 3.8) is 0 Å². The minimum atomic E-state index is -0.722. The van der Waals surface area contributed by atoms with E-state index in [-0.39, 0.29) is 33.2 Å². The van der Waals surface area contributed by atoms with Crippen molar-refractivity contribution in [2.24, 2.45) is 0 Å². The molecule has 0 saturated heterocycles. The Balaban J connectivity index is 0.00000110. The van der Waals surface area contributed by atoms with Gasteiger partial charge in [0, 0.05) is 0 Å². The zero-order valence-corrected chi connectivity index (χ0v) is 17.3. The number of fused-ring (bicyclic) bond motifs is 1. The summed E-state index contributed by atoms with van der Waals surface area (Å²) in [5.74, 6) is 0. The van der Waals surface area contributed by atoms with Crippen molar-refractivity contribution in [2.45, 2.75) is 20.0 Å². The van der Waals surface area contributed by atoms with E-state index in [9.17, 15) is 0 Å². The molecule has 1 N–H and O–H groups in total. The standard InChI is InChI=1S/C11H11Si.C5H6N.2ClH.Zr/c1-12(2)11-7-9-5-3-4-6-10(9)8-11;1-5-2-3-6-4-5;;;/h3-7H,1-2H3;2-3,6H,1H3;2*1H;/q;;;;+2/p-2. The van der Waals surface area contributed by atoms with Crippen molar-refractivity contribution < 1.29 is 48.0 Å². The van der Waals surface area contributed by atoms with Crippen LogP contribution in [-0.2, 0) is 23.2 Å². The first-order valence-electron chi connectivity index (χ1n) is 6.57. The summed E-state index contributed by atoms with van der Waals surface area (Å²) < 4.78 is 3.22. The maximum absolute atomic E-state index is 3.46. The van der Waals surface area contributed by atoms with Gasteiger partial charge >= 0.3 is 127 Å². The third-order valence-electron chi connectivity index (χ3n) is 3.54. The van der Waals surface area contributed by atoms with Gasteiger partial charge < -0.3 is 24.8 Å². The number of halogens is 2. The second-order valence-corrected chi connectivity index (χ2v) is 10.8. The van der Waals surface area contributed by atoms with Crippen LogP contribution in [0.2, 0.25) is 13.1 Å². The predicted octanol–water partition coefficient (Wildman–Crippen LogP) is -4.85. The molecular formula is C16H17Cl2NSiZr. The molecule has 0 radical (unpaired) electrons. The van der Waals surface area contributed by atoms with Gasteiger partial charge in [-0.25, -0.2) is 0 Å². The molecule has 0 atom stereocenters. The maximum atomic E-state index is 3.46. The Morgan fingerprint density at radius 3 is 2.38 bits per heavy atom. The fourth-order valence-electron chi connectivity index (χ4n) is 2.46. The molecule has 1 nitrogen and oxygen atoms in total. The summed E-state index contributed by atoms with van der Waals surface area (Å²) in [4.78, 5) is 3.46. The topological polar surface area (TPSA) is 15.8 Å². The van der Waals surface area contributed by atoms with Crippen LogP contribution in [0, 0.1) is 6.92 Å². The third-order valence-corrected chi connectivity index (χ3v) is 9.51. The molecule has 0 fully saturated rings. The number of hydrogen-bond donors (Lipinski definition) is 1. The number of benzene rings is 1. The van der Waals surface area contributed by atoms with Crippen LogP contribution in [0.5, 0.6) is 0 Å². The van der Waals surface area contributed by atoms with Gasteiger partial charge in [0.05, 0.1) is 0 Å². The van der Waals surface area contributed by atoms with Crippen LogP contribution in [0.25, 0.3) is 9.36 Å². The zero-order valence-electron chi connectivity index (χ0n) is 12.3. The molecule has 0 amide bonds. The number of nitrogens with one attached hydrogen (secondary N) is 1. The fraction of sp³-hybridized carbons (Fsp3) is 0.188. The number of aromatic nitrogens is 1. The normalized spacial score (nSPS) is 11.8. The Kier molecular flexibility index (Phi) is 7.06. The molecule has 1 aromatic carbocycles. The molecule has 1 heterocycles. The quantitative estimate of drug-likeness (QED) is 0.476. The number of rotatable bonds is 2. The van der Waals surface area contributed by atoms with E-state index in [0.29, 0.717) is 0 Å². The van der Waals surface area contributed by atoms with Gasteiger partial charge in [-0.3, -0.25) is 0 Å². The van der Waals surface area contributed by atoms with Crippen molar-refractivity contribution in [3.8, 4) is 0 Å². The summed E-state index contributed by atoms with van der Waals surface area (Å²) in [5, 5.41) is 4.60. The van der Waals surface area contributed by atoms with Crippen molar-refractivity contribution in [1.82, 2.24) is 4.98 Å². The SMILES string of the molecule is Cc1cc[nH][c]1[Zr+2][C]1=c2ccccc2=CC1=[Si](C)C.[Cl-].[Cl-]. The van der Waals surface area contributed by atoms with Crippen LogP contribution < -0.4 is 38.7 Å². The van der Waals surface area contributed by atoms with E-state index >= 15 is 0 Å². The number of hydrogen-bond acceptors (Lipinski definition) is 0. The van der Waals surface area contributed by atoms with Gasteiger partial charge in [0.15, 0.2) is 0 Å². The number of aromatic amines is 1. The Labute approximate surface area is 151 Å². The van der Waals surface area contributed by atoms with E-state index in [1.165, 1.54) is 19.4 Å². The average Bonchev–Trinajstić information content (AvgIpc) is 2.95. The molecule has 0 saturated carbocycles. The molecule has 0 spiro atoms. The Morgan fingerprint density at radius 2 is 1.76 bits per heavy atom. The molecule has 1 aliphatic rings. The van der Waals surface area contributed by atoms with E-state index in [1.807, 2.05) is 0 Å². The molecule has 5 heteroatoms. The van der Waals surface area contributed by atoms with E-state index in [1.54, 1.807) is 8.45 Å². The summed E-state index contributed by atoms with van der Waals surface area (Å²) >= 11 is -0.722. The summed E-state index contributed by atoms with van der Waals surface area (Å²) in [5.41, 5.74) is 1.43. The van der Waals surface area contributed by atoms with E-state index < -0.39 is 23.2 Å². The summed E-state index contributed by atoms with van der Waals surface area (Å²) in [6, 6.07) is 11.1. The van der Waals surface area contributed by atoms with Gasteiger partial charge in [0.1, 0.15) is 0 Å². The third kappa shape index (κ3) is 3.76. The number of H-pyrrole nitrogens is 1. The van der Waals surface area contributed by atoms with Gasteiger partial charge in [-0.05, 0) is 0 Å². The summed E-state index contributed by atoms with van der Waals surface area (Å²) in [6.45, 7) is 7.04. The Morgan fingerprint density at radius 1 is 1.05 bits per heavy atom. The Bertz CT molecular complexity index is 789. The maximum Gasteiger partial charge on any atom is -1.00 e. The molecule has 2 aromatic rings. The molecule has 1 aliphatic carbocycles. The van der Waals surface area contributed by atoms with Gasteiger partial charge in [-0.15, -0.1) is 0 Å². The molecule has 21 heavy (non-hydrogen) atoms.